The average molecular weight is 311 g/mol. The van der Waals surface area contributed by atoms with Gasteiger partial charge in [0.05, 0.1) is 5.92 Å². The lowest BCUT2D eigenvalue weighted by atomic mass is 10.1. The lowest BCUT2D eigenvalue weighted by Gasteiger charge is -2.20. The zero-order valence-electron chi connectivity index (χ0n) is 10.9. The third-order valence-corrected chi connectivity index (χ3v) is 2.74. The number of aliphatic carboxylic acids is 1. The molecule has 1 amide bonds. The van der Waals surface area contributed by atoms with E-state index in [0.717, 1.165) is 7.05 Å². The molecule has 1 aromatic rings. The second-order valence-electron chi connectivity index (χ2n) is 4.37. The van der Waals surface area contributed by atoms with Crippen LogP contribution in [0.1, 0.15) is 17.3 Å². The van der Waals surface area contributed by atoms with Gasteiger partial charge in [0.2, 0.25) is 5.82 Å². The van der Waals surface area contributed by atoms with E-state index < -0.39 is 59.0 Å². The largest absolute Gasteiger partial charge is 0.481 e. The molecular weight excluding hydrogens is 301 g/mol. The highest BCUT2D eigenvalue weighted by Crippen LogP contribution is 2.24. The van der Waals surface area contributed by atoms with Gasteiger partial charge >= 0.3 is 5.97 Å². The first kappa shape index (κ1) is 16.9. The zero-order valence-corrected chi connectivity index (χ0v) is 10.9. The number of amides is 1. The Hall–Kier alpha value is -2.19. The minimum absolute atomic E-state index is 0.465. The molecule has 21 heavy (non-hydrogen) atoms. The van der Waals surface area contributed by atoms with E-state index in [9.17, 15) is 31.5 Å². The van der Waals surface area contributed by atoms with E-state index in [1.807, 2.05) is 0 Å². The molecule has 0 aliphatic rings. The van der Waals surface area contributed by atoms with Gasteiger partial charge in [-0.15, -0.1) is 0 Å². The van der Waals surface area contributed by atoms with Crippen LogP contribution in [0.2, 0.25) is 0 Å². The van der Waals surface area contributed by atoms with Crippen molar-refractivity contribution in [2.45, 2.75) is 6.92 Å². The normalized spacial score (nSPS) is 12.1. The van der Waals surface area contributed by atoms with E-state index in [0.29, 0.717) is 4.90 Å². The highest BCUT2D eigenvalue weighted by molar-refractivity contribution is 5.95. The van der Waals surface area contributed by atoms with Crippen LogP contribution < -0.4 is 0 Å². The Balaban J connectivity index is 3.22. The van der Waals surface area contributed by atoms with Crippen molar-refractivity contribution in [3.05, 3.63) is 34.6 Å². The van der Waals surface area contributed by atoms with Crippen LogP contribution >= 0.6 is 0 Å². The van der Waals surface area contributed by atoms with Gasteiger partial charge in [0.15, 0.2) is 23.3 Å². The number of carboxylic acids is 1. The van der Waals surface area contributed by atoms with Crippen LogP contribution in [0, 0.1) is 35.0 Å². The zero-order chi connectivity index (χ0) is 16.5. The highest BCUT2D eigenvalue weighted by Gasteiger charge is 2.31. The Morgan fingerprint density at radius 1 is 1.00 bits per heavy atom. The van der Waals surface area contributed by atoms with Crippen LogP contribution in [-0.2, 0) is 4.79 Å². The Morgan fingerprint density at radius 2 is 1.38 bits per heavy atom. The number of rotatable bonds is 4. The van der Waals surface area contributed by atoms with Crippen molar-refractivity contribution in [1.29, 1.82) is 0 Å². The second-order valence-corrected chi connectivity index (χ2v) is 4.37. The van der Waals surface area contributed by atoms with Crippen molar-refractivity contribution in [2.75, 3.05) is 13.6 Å². The maximum atomic E-state index is 13.4. The monoisotopic (exact) mass is 311 g/mol. The van der Waals surface area contributed by atoms with Gasteiger partial charge < -0.3 is 10.0 Å². The molecule has 0 saturated heterocycles. The van der Waals surface area contributed by atoms with Gasteiger partial charge in [0, 0.05) is 13.6 Å². The van der Waals surface area contributed by atoms with Gasteiger partial charge in [-0.05, 0) is 0 Å². The first-order valence-corrected chi connectivity index (χ1v) is 5.59. The molecule has 1 N–H and O–H groups in total. The molecule has 116 valence electrons. The topological polar surface area (TPSA) is 57.6 Å². The Labute approximate surface area is 115 Å². The summed E-state index contributed by atoms with van der Waals surface area (Å²) in [5.74, 6) is -15.2. The van der Waals surface area contributed by atoms with Crippen LogP contribution in [0.15, 0.2) is 0 Å². The van der Waals surface area contributed by atoms with E-state index in [1.165, 1.54) is 6.92 Å². The molecule has 0 bridgehead atoms. The first-order chi connectivity index (χ1) is 9.59. The summed E-state index contributed by atoms with van der Waals surface area (Å²) in [5, 5.41) is 8.66. The van der Waals surface area contributed by atoms with Gasteiger partial charge in [0.25, 0.3) is 5.91 Å². The minimum Gasteiger partial charge on any atom is -0.481 e. The summed E-state index contributed by atoms with van der Waals surface area (Å²) in [7, 11) is 0.986. The number of hydrogen-bond donors (Lipinski definition) is 1. The summed E-state index contributed by atoms with van der Waals surface area (Å²) in [6.07, 6.45) is 0. The van der Waals surface area contributed by atoms with E-state index >= 15 is 0 Å². The quantitative estimate of drug-likeness (QED) is 0.527. The van der Waals surface area contributed by atoms with Crippen LogP contribution in [0.4, 0.5) is 22.0 Å². The van der Waals surface area contributed by atoms with Crippen molar-refractivity contribution in [3.8, 4) is 0 Å². The molecule has 0 saturated carbocycles. The summed E-state index contributed by atoms with van der Waals surface area (Å²) in [4.78, 5) is 22.9. The molecule has 4 nitrogen and oxygen atoms in total. The molecular formula is C12H10F5NO3. The van der Waals surface area contributed by atoms with Crippen molar-refractivity contribution in [3.63, 3.8) is 0 Å². The maximum absolute atomic E-state index is 13.4. The average Bonchev–Trinajstić information content (AvgIpc) is 2.42. The van der Waals surface area contributed by atoms with Gasteiger partial charge in [-0.25, -0.2) is 22.0 Å². The third-order valence-electron chi connectivity index (χ3n) is 2.74. The van der Waals surface area contributed by atoms with Crippen molar-refractivity contribution < 1.29 is 36.6 Å². The Bertz CT molecular complexity index is 576. The molecule has 1 rings (SSSR count). The van der Waals surface area contributed by atoms with E-state index in [2.05, 4.69) is 0 Å². The predicted octanol–water partition coefficient (Wildman–Crippen LogP) is 2.17. The van der Waals surface area contributed by atoms with E-state index in [-0.39, 0.29) is 0 Å². The number of benzene rings is 1. The standard InChI is InChI=1S/C12H10F5NO3/c1-4(12(20)21)3-18(2)11(19)5-6(13)8(15)10(17)9(16)7(5)14/h4H,3H2,1-2H3,(H,20,21). The van der Waals surface area contributed by atoms with Crippen molar-refractivity contribution in [1.82, 2.24) is 4.90 Å². The Kier molecular flexibility index (Phi) is 4.87. The first-order valence-electron chi connectivity index (χ1n) is 5.59. The minimum atomic E-state index is -2.37. The fourth-order valence-electron chi connectivity index (χ4n) is 1.56. The fourth-order valence-corrected chi connectivity index (χ4v) is 1.56. The number of hydrogen-bond acceptors (Lipinski definition) is 2. The summed E-state index contributed by atoms with van der Waals surface area (Å²) >= 11 is 0. The number of nitrogens with zero attached hydrogens (tertiary/aromatic N) is 1. The van der Waals surface area contributed by atoms with E-state index in [4.69, 9.17) is 5.11 Å². The molecule has 0 radical (unpaired) electrons. The van der Waals surface area contributed by atoms with E-state index in [1.54, 1.807) is 0 Å². The van der Waals surface area contributed by atoms with Crippen LogP contribution in [0.3, 0.4) is 0 Å². The smallest absolute Gasteiger partial charge is 0.308 e. The van der Waals surface area contributed by atoms with Crippen molar-refractivity contribution >= 4 is 11.9 Å². The molecule has 0 fully saturated rings. The summed E-state index contributed by atoms with van der Waals surface area (Å²) in [6, 6.07) is 0. The number of carbonyl (C=O) groups excluding carboxylic acids is 1. The summed E-state index contributed by atoms with van der Waals surface area (Å²) in [5.41, 5.74) is -1.62. The van der Waals surface area contributed by atoms with Crippen LogP contribution in [0.5, 0.6) is 0 Å². The molecule has 0 aliphatic carbocycles. The SMILES string of the molecule is CC(CN(C)C(=O)c1c(F)c(F)c(F)c(F)c1F)C(=O)O. The maximum Gasteiger partial charge on any atom is 0.308 e. The Morgan fingerprint density at radius 3 is 1.76 bits per heavy atom. The lowest BCUT2D eigenvalue weighted by molar-refractivity contribution is -0.141. The molecule has 1 atom stereocenters. The summed E-state index contributed by atoms with van der Waals surface area (Å²) in [6.45, 7) is 0.748. The van der Waals surface area contributed by atoms with Gasteiger partial charge in [-0.1, -0.05) is 6.92 Å². The lowest BCUT2D eigenvalue weighted by Crippen LogP contribution is -2.35. The third kappa shape index (κ3) is 3.11. The second kappa shape index (κ2) is 6.06. The number of halogens is 5. The van der Waals surface area contributed by atoms with Crippen LogP contribution in [0.25, 0.3) is 0 Å². The molecule has 0 heterocycles. The number of carboxylic acid groups (broad SMARTS) is 1. The molecule has 0 aromatic heterocycles. The van der Waals surface area contributed by atoms with Gasteiger partial charge in [0.1, 0.15) is 5.56 Å². The molecule has 1 unspecified atom stereocenters. The molecule has 9 heteroatoms. The predicted molar refractivity (Wildman–Crippen MR) is 60.0 cm³/mol. The summed E-state index contributed by atoms with van der Waals surface area (Å²) < 4.78 is 65.7. The van der Waals surface area contributed by atoms with Crippen LogP contribution in [-0.4, -0.2) is 35.5 Å². The molecule has 1 aromatic carbocycles. The molecule has 0 spiro atoms. The number of carbonyl (C=O) groups is 2. The highest BCUT2D eigenvalue weighted by atomic mass is 19.2. The van der Waals surface area contributed by atoms with Gasteiger partial charge in [-0.2, -0.15) is 0 Å². The fraction of sp³-hybridized carbons (Fsp3) is 0.333. The molecule has 0 aliphatic heterocycles. The van der Waals surface area contributed by atoms with Crippen molar-refractivity contribution in [2.24, 2.45) is 5.92 Å². The van der Waals surface area contributed by atoms with Gasteiger partial charge in [-0.3, -0.25) is 9.59 Å².